The van der Waals surface area contributed by atoms with Crippen molar-refractivity contribution < 1.29 is 9.90 Å². The standard InChI is InChI=1S/C9H6ClNO2/c10-8-4-7(5-11-6-8)2-1-3-9(12)13/h4-6H,3H2,(H,12,13). The van der Waals surface area contributed by atoms with E-state index in [1.54, 1.807) is 6.07 Å². The van der Waals surface area contributed by atoms with E-state index >= 15 is 0 Å². The number of pyridine rings is 1. The van der Waals surface area contributed by atoms with Crippen molar-refractivity contribution in [2.24, 2.45) is 0 Å². The molecule has 1 N–H and O–H groups in total. The van der Waals surface area contributed by atoms with Crippen LogP contribution in [0.15, 0.2) is 18.5 Å². The Kier molecular flexibility index (Phi) is 3.30. The molecule has 1 rings (SSSR count). The van der Waals surface area contributed by atoms with E-state index in [0.717, 1.165) is 0 Å². The van der Waals surface area contributed by atoms with Crippen LogP contribution in [0.1, 0.15) is 12.0 Å². The van der Waals surface area contributed by atoms with E-state index in [2.05, 4.69) is 16.8 Å². The quantitative estimate of drug-likeness (QED) is 0.692. The second-order valence-electron chi connectivity index (χ2n) is 2.26. The number of halogens is 1. The van der Waals surface area contributed by atoms with Crippen molar-refractivity contribution in [2.75, 3.05) is 0 Å². The van der Waals surface area contributed by atoms with Gasteiger partial charge in [0.1, 0.15) is 6.42 Å². The number of aromatic nitrogens is 1. The summed E-state index contributed by atoms with van der Waals surface area (Å²) in [5.41, 5.74) is 0.619. The van der Waals surface area contributed by atoms with Crippen molar-refractivity contribution >= 4 is 17.6 Å². The lowest BCUT2D eigenvalue weighted by Crippen LogP contribution is -1.90. The van der Waals surface area contributed by atoms with E-state index in [-0.39, 0.29) is 6.42 Å². The molecule has 0 aliphatic rings. The van der Waals surface area contributed by atoms with E-state index in [0.29, 0.717) is 10.6 Å². The molecule has 1 heterocycles. The molecular weight excluding hydrogens is 190 g/mol. The first-order chi connectivity index (χ1) is 6.18. The van der Waals surface area contributed by atoms with Crippen molar-refractivity contribution in [3.8, 4) is 11.8 Å². The van der Waals surface area contributed by atoms with Crippen molar-refractivity contribution in [1.29, 1.82) is 0 Å². The van der Waals surface area contributed by atoms with Crippen LogP contribution in [0.2, 0.25) is 5.02 Å². The van der Waals surface area contributed by atoms with Crippen LogP contribution in [0.3, 0.4) is 0 Å². The third-order valence-electron chi connectivity index (χ3n) is 1.18. The highest BCUT2D eigenvalue weighted by Crippen LogP contribution is 2.06. The first kappa shape index (κ1) is 9.56. The van der Waals surface area contributed by atoms with Gasteiger partial charge in [-0.05, 0) is 6.07 Å². The average molecular weight is 196 g/mol. The predicted octanol–water partition coefficient (Wildman–Crippen LogP) is 1.56. The third-order valence-corrected chi connectivity index (χ3v) is 1.38. The van der Waals surface area contributed by atoms with Crippen LogP contribution in [-0.4, -0.2) is 16.1 Å². The molecule has 66 valence electrons. The van der Waals surface area contributed by atoms with Crippen LogP contribution in [0, 0.1) is 11.8 Å². The van der Waals surface area contributed by atoms with Crippen LogP contribution >= 0.6 is 11.6 Å². The number of rotatable bonds is 1. The highest BCUT2D eigenvalue weighted by atomic mass is 35.5. The van der Waals surface area contributed by atoms with Gasteiger partial charge in [0.25, 0.3) is 0 Å². The summed E-state index contributed by atoms with van der Waals surface area (Å²) >= 11 is 5.64. The maximum Gasteiger partial charge on any atom is 0.315 e. The lowest BCUT2D eigenvalue weighted by Gasteiger charge is -1.89. The summed E-state index contributed by atoms with van der Waals surface area (Å²) in [6.07, 6.45) is 2.84. The fraction of sp³-hybridized carbons (Fsp3) is 0.111. The number of carbonyl (C=O) groups is 1. The summed E-state index contributed by atoms with van der Waals surface area (Å²) in [5.74, 6) is 4.18. The molecule has 4 heteroatoms. The first-order valence-electron chi connectivity index (χ1n) is 3.49. The van der Waals surface area contributed by atoms with Crippen molar-refractivity contribution in [3.05, 3.63) is 29.0 Å². The Morgan fingerprint density at radius 3 is 3.00 bits per heavy atom. The molecule has 0 atom stereocenters. The molecule has 0 bridgehead atoms. The van der Waals surface area contributed by atoms with Crippen molar-refractivity contribution in [1.82, 2.24) is 4.98 Å². The van der Waals surface area contributed by atoms with E-state index in [1.807, 2.05) is 0 Å². The summed E-state index contributed by atoms with van der Waals surface area (Å²) in [5, 5.41) is 8.79. The first-order valence-corrected chi connectivity index (χ1v) is 3.87. The van der Waals surface area contributed by atoms with Gasteiger partial charge in [0, 0.05) is 18.0 Å². The topological polar surface area (TPSA) is 50.2 Å². The minimum absolute atomic E-state index is 0.174. The Hall–Kier alpha value is -1.53. The molecule has 1 aromatic rings. The summed E-state index contributed by atoms with van der Waals surface area (Å²) in [7, 11) is 0. The van der Waals surface area contributed by atoms with Crippen molar-refractivity contribution in [3.63, 3.8) is 0 Å². The summed E-state index contributed by atoms with van der Waals surface area (Å²) in [6.45, 7) is 0. The zero-order valence-electron chi connectivity index (χ0n) is 6.62. The Labute approximate surface area is 80.4 Å². The highest BCUT2D eigenvalue weighted by Gasteiger charge is 1.91. The van der Waals surface area contributed by atoms with E-state index in [9.17, 15) is 4.79 Å². The summed E-state index contributed by atoms with van der Waals surface area (Å²) in [6, 6.07) is 1.63. The minimum Gasteiger partial charge on any atom is -0.481 e. The zero-order chi connectivity index (χ0) is 9.68. The smallest absolute Gasteiger partial charge is 0.315 e. The molecule has 1 aromatic heterocycles. The molecule has 0 amide bonds. The number of carboxylic acids is 1. The normalized spacial score (nSPS) is 8.69. The van der Waals surface area contributed by atoms with Crippen LogP contribution in [0.4, 0.5) is 0 Å². The molecule has 0 aliphatic heterocycles. The molecule has 0 saturated carbocycles. The molecular formula is C9H6ClNO2. The van der Waals surface area contributed by atoms with Gasteiger partial charge in [-0.25, -0.2) is 0 Å². The van der Waals surface area contributed by atoms with Gasteiger partial charge < -0.3 is 5.11 Å². The second kappa shape index (κ2) is 4.48. The molecule has 0 unspecified atom stereocenters. The van der Waals surface area contributed by atoms with Gasteiger partial charge in [0.2, 0.25) is 0 Å². The molecule has 0 fully saturated rings. The number of hydrogen-bond acceptors (Lipinski definition) is 2. The van der Waals surface area contributed by atoms with Gasteiger partial charge >= 0.3 is 5.97 Å². The number of carboxylic acid groups (broad SMARTS) is 1. The Bertz CT molecular complexity index is 379. The van der Waals surface area contributed by atoms with Gasteiger partial charge in [-0.2, -0.15) is 0 Å². The molecule has 0 spiro atoms. The predicted molar refractivity (Wildman–Crippen MR) is 48.4 cm³/mol. The third kappa shape index (κ3) is 3.59. The second-order valence-corrected chi connectivity index (χ2v) is 2.70. The van der Waals surface area contributed by atoms with Gasteiger partial charge in [0.05, 0.1) is 5.02 Å². The summed E-state index contributed by atoms with van der Waals surface area (Å²) < 4.78 is 0. The fourth-order valence-corrected chi connectivity index (χ4v) is 0.876. The van der Waals surface area contributed by atoms with E-state index in [1.165, 1.54) is 12.4 Å². The molecule has 3 nitrogen and oxygen atoms in total. The molecule has 0 aliphatic carbocycles. The van der Waals surface area contributed by atoms with Crippen LogP contribution < -0.4 is 0 Å². The van der Waals surface area contributed by atoms with Crippen molar-refractivity contribution in [2.45, 2.75) is 6.42 Å². The molecule has 0 aromatic carbocycles. The van der Waals surface area contributed by atoms with Gasteiger partial charge in [-0.3, -0.25) is 9.78 Å². The van der Waals surface area contributed by atoms with E-state index < -0.39 is 5.97 Å². The monoisotopic (exact) mass is 195 g/mol. The fourth-order valence-electron chi connectivity index (χ4n) is 0.702. The van der Waals surface area contributed by atoms with Gasteiger partial charge in [-0.15, -0.1) is 0 Å². The van der Waals surface area contributed by atoms with Gasteiger partial charge in [-0.1, -0.05) is 23.4 Å². The number of nitrogens with zero attached hydrogens (tertiary/aromatic N) is 1. The zero-order valence-corrected chi connectivity index (χ0v) is 7.38. The lowest BCUT2D eigenvalue weighted by molar-refractivity contribution is -0.135. The SMILES string of the molecule is O=C(O)CC#Cc1cncc(Cl)c1. The van der Waals surface area contributed by atoms with E-state index in [4.69, 9.17) is 16.7 Å². The number of aliphatic carboxylic acids is 1. The Morgan fingerprint density at radius 2 is 2.38 bits per heavy atom. The molecule has 13 heavy (non-hydrogen) atoms. The largest absolute Gasteiger partial charge is 0.481 e. The molecule has 0 saturated heterocycles. The lowest BCUT2D eigenvalue weighted by atomic mass is 10.3. The van der Waals surface area contributed by atoms with Crippen LogP contribution in [0.5, 0.6) is 0 Å². The Balaban J connectivity index is 2.72. The highest BCUT2D eigenvalue weighted by molar-refractivity contribution is 6.30. The average Bonchev–Trinajstić information content (AvgIpc) is 2.03. The van der Waals surface area contributed by atoms with Crippen LogP contribution in [0.25, 0.3) is 0 Å². The maximum atomic E-state index is 10.1. The van der Waals surface area contributed by atoms with Gasteiger partial charge in [0.15, 0.2) is 0 Å². The maximum absolute atomic E-state index is 10.1. The van der Waals surface area contributed by atoms with Crippen LogP contribution in [-0.2, 0) is 4.79 Å². The molecule has 0 radical (unpaired) electrons. The minimum atomic E-state index is -0.942. The Morgan fingerprint density at radius 1 is 1.62 bits per heavy atom. The summed E-state index contributed by atoms with van der Waals surface area (Å²) in [4.78, 5) is 13.9. The number of hydrogen-bond donors (Lipinski definition) is 1.